The molecule has 0 aliphatic heterocycles. The molecule has 0 amide bonds. The quantitative estimate of drug-likeness (QED) is 0.0562. The Bertz CT molecular complexity index is 451. The van der Waals surface area contributed by atoms with E-state index in [9.17, 15) is 10.2 Å². The summed E-state index contributed by atoms with van der Waals surface area (Å²) < 4.78 is 0.970. The Hall–Kier alpha value is -0.160. The number of rotatable bonds is 29. The molecule has 0 fully saturated rings. The molecular weight excluding hydrogens is 468 g/mol. The Morgan fingerprint density at radius 3 is 0.737 bits per heavy atom. The lowest BCUT2D eigenvalue weighted by Gasteiger charge is -2.42. The smallest absolute Gasteiger partial charge is 0.271 e. The molecule has 2 N–H and O–H groups in total. The number of hydrogen-bond acceptors (Lipinski definition) is 2. The third-order valence-electron chi connectivity index (χ3n) is 8.87. The van der Waals surface area contributed by atoms with Gasteiger partial charge >= 0.3 is 0 Å². The fourth-order valence-electron chi connectivity index (χ4n) is 5.71. The highest BCUT2D eigenvalue weighted by Crippen LogP contribution is 2.20. The highest BCUT2D eigenvalue weighted by molar-refractivity contribution is 4.54. The van der Waals surface area contributed by atoms with E-state index in [0.29, 0.717) is 8.97 Å². The van der Waals surface area contributed by atoms with Gasteiger partial charge in [-0.1, -0.05) is 142 Å². The molecule has 2 unspecified atom stereocenters. The van der Waals surface area contributed by atoms with Crippen molar-refractivity contribution in [1.29, 1.82) is 0 Å². The standard InChI is InChI=1S/C34H74N2O2/c1-7-9-11-13-15-17-19-21-23-25-27-29-31-35(3,4)33(37)34(38)36(5,6)32-30-28-26-24-22-20-18-16-14-12-10-8-2/h33-34,37-38H,7-32H2,1-6H3/q+2. The van der Waals surface area contributed by atoms with E-state index < -0.39 is 12.5 Å². The average molecular weight is 543 g/mol. The Balaban J connectivity index is 3.90. The van der Waals surface area contributed by atoms with Crippen LogP contribution >= 0.6 is 0 Å². The minimum Gasteiger partial charge on any atom is -0.338 e. The Morgan fingerprint density at radius 2 is 0.526 bits per heavy atom. The lowest BCUT2D eigenvalue weighted by molar-refractivity contribution is -1.01. The second kappa shape index (κ2) is 24.6. The molecule has 0 bridgehead atoms. The van der Waals surface area contributed by atoms with E-state index in [1.54, 1.807) is 0 Å². The molecule has 0 saturated carbocycles. The van der Waals surface area contributed by atoms with Crippen LogP contribution < -0.4 is 0 Å². The van der Waals surface area contributed by atoms with Crippen LogP contribution in [0, 0.1) is 0 Å². The molecule has 0 heterocycles. The minimum atomic E-state index is -0.741. The van der Waals surface area contributed by atoms with Crippen molar-refractivity contribution in [2.75, 3.05) is 41.3 Å². The zero-order valence-corrected chi connectivity index (χ0v) is 27.3. The molecule has 38 heavy (non-hydrogen) atoms. The van der Waals surface area contributed by atoms with Gasteiger partial charge in [0.05, 0.1) is 41.3 Å². The summed E-state index contributed by atoms with van der Waals surface area (Å²) in [7, 11) is 8.32. The second-order valence-corrected chi connectivity index (χ2v) is 13.6. The maximum atomic E-state index is 11.1. The van der Waals surface area contributed by atoms with E-state index in [2.05, 4.69) is 42.0 Å². The summed E-state index contributed by atoms with van der Waals surface area (Å²) >= 11 is 0. The molecule has 0 aromatic heterocycles. The molecule has 0 spiro atoms. The van der Waals surface area contributed by atoms with E-state index >= 15 is 0 Å². The van der Waals surface area contributed by atoms with Crippen LogP contribution in [-0.4, -0.2) is 72.9 Å². The maximum Gasteiger partial charge on any atom is 0.271 e. The summed E-state index contributed by atoms with van der Waals surface area (Å²) in [5.41, 5.74) is 0. The van der Waals surface area contributed by atoms with Crippen LogP contribution in [0.15, 0.2) is 0 Å². The first kappa shape index (κ1) is 37.8. The zero-order valence-electron chi connectivity index (χ0n) is 27.3. The van der Waals surface area contributed by atoms with Gasteiger partial charge in [-0.2, -0.15) is 0 Å². The van der Waals surface area contributed by atoms with Crippen molar-refractivity contribution in [1.82, 2.24) is 0 Å². The number of likely N-dealkylation sites (N-methyl/N-ethyl adjacent to an activating group) is 2. The van der Waals surface area contributed by atoms with E-state index in [1.165, 1.54) is 141 Å². The molecule has 0 aliphatic rings. The van der Waals surface area contributed by atoms with Crippen LogP contribution in [-0.2, 0) is 0 Å². The predicted octanol–water partition coefficient (Wildman–Crippen LogP) is 9.18. The van der Waals surface area contributed by atoms with Crippen LogP contribution in [0.4, 0.5) is 0 Å². The molecule has 0 aromatic rings. The number of aliphatic hydroxyl groups excluding tert-OH is 2. The summed E-state index contributed by atoms with van der Waals surface area (Å²) in [6.07, 6.45) is 30.9. The van der Waals surface area contributed by atoms with Gasteiger partial charge in [-0.3, -0.25) is 8.97 Å². The first-order valence-corrected chi connectivity index (χ1v) is 17.2. The molecule has 0 saturated heterocycles. The van der Waals surface area contributed by atoms with Gasteiger partial charge in [0, 0.05) is 0 Å². The van der Waals surface area contributed by atoms with Gasteiger partial charge < -0.3 is 10.2 Å². The van der Waals surface area contributed by atoms with E-state index in [-0.39, 0.29) is 0 Å². The van der Waals surface area contributed by atoms with Gasteiger partial charge in [0.1, 0.15) is 0 Å². The van der Waals surface area contributed by atoms with Crippen molar-refractivity contribution in [2.45, 2.75) is 180 Å². The van der Waals surface area contributed by atoms with Crippen LogP contribution in [0.25, 0.3) is 0 Å². The molecule has 230 valence electrons. The van der Waals surface area contributed by atoms with Crippen molar-refractivity contribution in [3.05, 3.63) is 0 Å². The number of hydrogen-bond donors (Lipinski definition) is 2. The lowest BCUT2D eigenvalue weighted by atomic mass is 10.0. The summed E-state index contributed by atoms with van der Waals surface area (Å²) in [5.74, 6) is 0. The summed E-state index contributed by atoms with van der Waals surface area (Å²) in [4.78, 5) is 0. The van der Waals surface area contributed by atoms with Crippen LogP contribution in [0.3, 0.4) is 0 Å². The van der Waals surface area contributed by atoms with Crippen LogP contribution in [0.1, 0.15) is 168 Å². The molecule has 0 aromatic carbocycles. The first-order valence-electron chi connectivity index (χ1n) is 17.2. The van der Waals surface area contributed by atoms with Crippen molar-refractivity contribution in [3.63, 3.8) is 0 Å². The molecule has 0 rings (SSSR count). The Labute approximate surface area is 240 Å². The third-order valence-corrected chi connectivity index (χ3v) is 8.87. The monoisotopic (exact) mass is 543 g/mol. The van der Waals surface area contributed by atoms with Gasteiger partial charge in [-0.25, -0.2) is 0 Å². The molecule has 4 nitrogen and oxygen atoms in total. The highest BCUT2D eigenvalue weighted by atomic mass is 16.4. The zero-order chi connectivity index (χ0) is 28.5. The van der Waals surface area contributed by atoms with Crippen molar-refractivity contribution >= 4 is 0 Å². The van der Waals surface area contributed by atoms with Gasteiger partial charge in [0.15, 0.2) is 0 Å². The fourth-order valence-corrected chi connectivity index (χ4v) is 5.71. The summed E-state index contributed by atoms with van der Waals surface area (Å²) in [6.45, 7) is 6.41. The van der Waals surface area contributed by atoms with Gasteiger partial charge in [-0.05, 0) is 25.7 Å². The van der Waals surface area contributed by atoms with Crippen LogP contribution in [0.5, 0.6) is 0 Å². The van der Waals surface area contributed by atoms with E-state index in [0.717, 1.165) is 25.9 Å². The molecule has 0 aliphatic carbocycles. The molecule has 2 atom stereocenters. The van der Waals surface area contributed by atoms with Gasteiger partial charge in [0.25, 0.3) is 12.5 Å². The fraction of sp³-hybridized carbons (Fsp3) is 1.00. The summed E-state index contributed by atoms with van der Waals surface area (Å²) in [6, 6.07) is 0. The number of aliphatic hydroxyl groups is 2. The normalized spacial score (nSPS) is 14.2. The minimum absolute atomic E-state index is 0.485. The molecule has 4 heteroatoms. The van der Waals surface area contributed by atoms with Gasteiger partial charge in [0.2, 0.25) is 0 Å². The van der Waals surface area contributed by atoms with Crippen molar-refractivity contribution in [2.24, 2.45) is 0 Å². The topological polar surface area (TPSA) is 40.5 Å². The second-order valence-electron chi connectivity index (χ2n) is 13.6. The molecule has 0 radical (unpaired) electrons. The number of nitrogens with zero attached hydrogens (tertiary/aromatic N) is 2. The van der Waals surface area contributed by atoms with Crippen molar-refractivity contribution < 1.29 is 19.2 Å². The van der Waals surface area contributed by atoms with Crippen LogP contribution in [0.2, 0.25) is 0 Å². The summed E-state index contributed by atoms with van der Waals surface area (Å²) in [5, 5.41) is 22.1. The third kappa shape index (κ3) is 20.7. The lowest BCUT2D eigenvalue weighted by Crippen LogP contribution is -2.64. The highest BCUT2D eigenvalue weighted by Gasteiger charge is 2.42. The van der Waals surface area contributed by atoms with E-state index in [4.69, 9.17) is 0 Å². The number of quaternary nitrogens is 2. The first-order chi connectivity index (χ1) is 18.2. The Kier molecular flexibility index (Phi) is 24.5. The molecular formula is C34H74N2O2+2. The maximum absolute atomic E-state index is 11.1. The average Bonchev–Trinajstić information content (AvgIpc) is 2.89. The predicted molar refractivity (Wildman–Crippen MR) is 168 cm³/mol. The largest absolute Gasteiger partial charge is 0.338 e. The Morgan fingerprint density at radius 1 is 0.342 bits per heavy atom. The SMILES string of the molecule is CCCCCCCCCCCCCC[N+](C)(C)C(O)C(O)[N+](C)(C)CCCCCCCCCCCCCC. The van der Waals surface area contributed by atoms with Crippen molar-refractivity contribution in [3.8, 4) is 0 Å². The van der Waals surface area contributed by atoms with E-state index in [1.807, 2.05) is 0 Å². The van der Waals surface area contributed by atoms with Gasteiger partial charge in [-0.15, -0.1) is 0 Å². The number of unbranched alkanes of at least 4 members (excludes halogenated alkanes) is 22.